The third-order valence-corrected chi connectivity index (χ3v) is 4.76. The molecule has 0 aliphatic heterocycles. The summed E-state index contributed by atoms with van der Waals surface area (Å²) in [5.41, 5.74) is 6.28. The number of nitrogens with one attached hydrogen (secondary N) is 1. The van der Waals surface area contributed by atoms with Crippen LogP contribution in [0.1, 0.15) is 25.7 Å². The molecule has 0 unspecified atom stereocenters. The van der Waals surface area contributed by atoms with Gasteiger partial charge in [-0.05, 0) is 56.2 Å². The van der Waals surface area contributed by atoms with E-state index >= 15 is 0 Å². The van der Waals surface area contributed by atoms with Crippen LogP contribution in [0.15, 0.2) is 24.3 Å². The molecule has 0 radical (unpaired) electrons. The summed E-state index contributed by atoms with van der Waals surface area (Å²) in [5.74, 6) is 0.620. The maximum atomic E-state index is 11.8. The topological polar surface area (TPSA) is 64.3 Å². The van der Waals surface area contributed by atoms with Crippen molar-refractivity contribution >= 4 is 23.4 Å². The highest BCUT2D eigenvalue weighted by molar-refractivity contribution is 7.99. The fourth-order valence-electron chi connectivity index (χ4n) is 2.43. The predicted octanol–water partition coefficient (Wildman–Crippen LogP) is 2.44. The third kappa shape index (κ3) is 4.63. The van der Waals surface area contributed by atoms with Gasteiger partial charge in [0.1, 0.15) is 5.75 Å². The number of carbonyl (C=O) groups excluding carboxylic acids is 1. The molecule has 1 amide bonds. The molecule has 3 N–H and O–H groups in total. The van der Waals surface area contributed by atoms with Gasteiger partial charge in [0, 0.05) is 17.0 Å². The van der Waals surface area contributed by atoms with Gasteiger partial charge in [-0.3, -0.25) is 4.79 Å². The highest BCUT2D eigenvalue weighted by Crippen LogP contribution is 2.26. The van der Waals surface area contributed by atoms with Crippen LogP contribution in [0.3, 0.4) is 0 Å². The van der Waals surface area contributed by atoms with Gasteiger partial charge in [-0.2, -0.15) is 11.8 Å². The molecule has 0 spiro atoms. The molecule has 1 fully saturated rings. The lowest BCUT2D eigenvalue weighted by Gasteiger charge is -2.28. The summed E-state index contributed by atoms with van der Waals surface area (Å²) in [6.07, 6.45) is 6.66. The Morgan fingerprint density at radius 1 is 1.30 bits per heavy atom. The highest BCUT2D eigenvalue weighted by atomic mass is 32.2. The van der Waals surface area contributed by atoms with Gasteiger partial charge >= 0.3 is 0 Å². The van der Waals surface area contributed by atoms with Crippen molar-refractivity contribution in [3.8, 4) is 5.75 Å². The minimum atomic E-state index is -0.0468. The standard InChI is InChI=1S/C15H22N2O2S/c1-20-14-8-4-12(5-9-14)17-15(18)10-19-13-6-2-11(16)3-7-13/h2-3,6-7,12,14H,4-5,8-10,16H2,1H3,(H,17,18). The van der Waals surface area contributed by atoms with Gasteiger partial charge < -0.3 is 15.8 Å². The number of hydrogen-bond donors (Lipinski definition) is 2. The summed E-state index contributed by atoms with van der Waals surface area (Å²) < 4.78 is 5.43. The van der Waals surface area contributed by atoms with E-state index in [0.717, 1.165) is 18.1 Å². The Hall–Kier alpha value is -1.36. The molecule has 20 heavy (non-hydrogen) atoms. The van der Waals surface area contributed by atoms with Gasteiger partial charge in [-0.15, -0.1) is 0 Å². The number of rotatable bonds is 5. The van der Waals surface area contributed by atoms with Crippen molar-refractivity contribution in [2.45, 2.75) is 37.0 Å². The zero-order valence-corrected chi connectivity index (χ0v) is 12.6. The van der Waals surface area contributed by atoms with Crippen LogP contribution in [-0.4, -0.2) is 30.1 Å². The van der Waals surface area contributed by atoms with Crippen LogP contribution in [0.2, 0.25) is 0 Å². The summed E-state index contributed by atoms with van der Waals surface area (Å²) in [6.45, 7) is 0.0619. The Bertz CT molecular complexity index is 428. The van der Waals surface area contributed by atoms with Crippen LogP contribution in [0.5, 0.6) is 5.75 Å². The molecule has 1 saturated carbocycles. The average molecular weight is 294 g/mol. The Morgan fingerprint density at radius 3 is 2.55 bits per heavy atom. The summed E-state index contributed by atoms with van der Waals surface area (Å²) >= 11 is 1.93. The number of nitrogen functional groups attached to an aromatic ring is 1. The first-order valence-electron chi connectivity index (χ1n) is 6.98. The molecule has 5 heteroatoms. The van der Waals surface area contributed by atoms with Crippen molar-refractivity contribution in [1.82, 2.24) is 5.32 Å². The number of carbonyl (C=O) groups is 1. The molecular weight excluding hydrogens is 272 g/mol. The highest BCUT2D eigenvalue weighted by Gasteiger charge is 2.21. The first-order chi connectivity index (χ1) is 9.67. The molecule has 0 atom stereocenters. The smallest absolute Gasteiger partial charge is 0.258 e. The van der Waals surface area contributed by atoms with Crippen molar-refractivity contribution < 1.29 is 9.53 Å². The van der Waals surface area contributed by atoms with E-state index in [-0.39, 0.29) is 12.5 Å². The maximum absolute atomic E-state index is 11.8. The minimum absolute atomic E-state index is 0.0468. The molecule has 1 aromatic carbocycles. The maximum Gasteiger partial charge on any atom is 0.258 e. The summed E-state index contributed by atoms with van der Waals surface area (Å²) in [4.78, 5) is 11.8. The van der Waals surface area contributed by atoms with E-state index in [9.17, 15) is 4.79 Å². The van der Waals surface area contributed by atoms with Crippen molar-refractivity contribution in [3.05, 3.63) is 24.3 Å². The second-order valence-corrected chi connectivity index (χ2v) is 6.27. The Labute approximate surface area is 124 Å². The molecule has 4 nitrogen and oxygen atoms in total. The number of thioether (sulfide) groups is 1. The average Bonchev–Trinajstić information content (AvgIpc) is 2.47. The zero-order valence-electron chi connectivity index (χ0n) is 11.8. The lowest BCUT2D eigenvalue weighted by atomic mass is 9.95. The fraction of sp³-hybridized carbons (Fsp3) is 0.533. The molecule has 1 aromatic rings. The van der Waals surface area contributed by atoms with Crippen LogP contribution in [0.25, 0.3) is 0 Å². The number of nitrogens with two attached hydrogens (primary N) is 1. The minimum Gasteiger partial charge on any atom is -0.484 e. The predicted molar refractivity (Wildman–Crippen MR) is 84.1 cm³/mol. The van der Waals surface area contributed by atoms with E-state index in [1.54, 1.807) is 24.3 Å². The molecule has 1 aliphatic rings. The summed E-state index contributed by atoms with van der Waals surface area (Å²) in [7, 11) is 0. The monoisotopic (exact) mass is 294 g/mol. The molecule has 0 bridgehead atoms. The molecule has 0 aromatic heterocycles. The second-order valence-electron chi connectivity index (χ2n) is 5.13. The third-order valence-electron chi connectivity index (χ3n) is 3.62. The second kappa shape index (κ2) is 7.43. The Kier molecular flexibility index (Phi) is 5.59. The normalized spacial score (nSPS) is 22.2. The largest absolute Gasteiger partial charge is 0.484 e. The SMILES string of the molecule is CSC1CCC(NC(=O)COc2ccc(N)cc2)CC1. The summed E-state index contributed by atoms with van der Waals surface area (Å²) in [5, 5.41) is 3.81. The van der Waals surface area contributed by atoms with E-state index in [0.29, 0.717) is 17.5 Å². The van der Waals surface area contributed by atoms with E-state index in [4.69, 9.17) is 10.5 Å². The number of amides is 1. The van der Waals surface area contributed by atoms with Gasteiger partial charge in [-0.25, -0.2) is 0 Å². The van der Waals surface area contributed by atoms with Crippen molar-refractivity contribution in [1.29, 1.82) is 0 Å². The number of anilines is 1. The molecule has 110 valence electrons. The Morgan fingerprint density at radius 2 is 1.95 bits per heavy atom. The van der Waals surface area contributed by atoms with E-state index < -0.39 is 0 Å². The van der Waals surface area contributed by atoms with Gasteiger partial charge in [-0.1, -0.05) is 0 Å². The Balaban J connectivity index is 1.69. The van der Waals surface area contributed by atoms with Crippen molar-refractivity contribution in [2.24, 2.45) is 0 Å². The van der Waals surface area contributed by atoms with Crippen LogP contribution in [-0.2, 0) is 4.79 Å². The molecular formula is C15H22N2O2S. The van der Waals surface area contributed by atoms with Crippen LogP contribution < -0.4 is 15.8 Å². The van der Waals surface area contributed by atoms with Crippen LogP contribution in [0.4, 0.5) is 5.69 Å². The fourth-order valence-corrected chi connectivity index (χ4v) is 3.17. The molecule has 1 aliphatic carbocycles. The van der Waals surface area contributed by atoms with Gasteiger partial charge in [0.2, 0.25) is 0 Å². The zero-order chi connectivity index (χ0) is 14.4. The molecule has 2 rings (SSSR count). The lowest BCUT2D eigenvalue weighted by Crippen LogP contribution is -2.40. The van der Waals surface area contributed by atoms with Crippen molar-refractivity contribution in [3.63, 3.8) is 0 Å². The van der Waals surface area contributed by atoms with Gasteiger partial charge in [0.05, 0.1) is 0 Å². The van der Waals surface area contributed by atoms with Crippen LogP contribution in [0, 0.1) is 0 Å². The molecule has 0 heterocycles. The van der Waals surface area contributed by atoms with Crippen molar-refractivity contribution in [2.75, 3.05) is 18.6 Å². The van der Waals surface area contributed by atoms with E-state index in [1.807, 2.05) is 11.8 Å². The molecule has 0 saturated heterocycles. The van der Waals surface area contributed by atoms with Gasteiger partial charge in [0.15, 0.2) is 6.61 Å². The lowest BCUT2D eigenvalue weighted by molar-refractivity contribution is -0.124. The quantitative estimate of drug-likeness (QED) is 0.819. The first kappa shape index (κ1) is 15.0. The number of ether oxygens (including phenoxy) is 1. The van der Waals surface area contributed by atoms with Crippen LogP contribution >= 0.6 is 11.8 Å². The van der Waals surface area contributed by atoms with E-state index in [2.05, 4.69) is 11.6 Å². The number of benzene rings is 1. The van der Waals surface area contributed by atoms with Gasteiger partial charge in [0.25, 0.3) is 5.91 Å². The van der Waals surface area contributed by atoms with E-state index in [1.165, 1.54) is 12.8 Å². The number of hydrogen-bond acceptors (Lipinski definition) is 4. The summed E-state index contributed by atoms with van der Waals surface area (Å²) in [6, 6.07) is 7.37. The first-order valence-corrected chi connectivity index (χ1v) is 8.26.